The summed E-state index contributed by atoms with van der Waals surface area (Å²) in [4.78, 5) is 24.5. The summed E-state index contributed by atoms with van der Waals surface area (Å²) in [5.74, 6) is 1.18. The maximum absolute atomic E-state index is 12.5. The average Bonchev–Trinajstić information content (AvgIpc) is 3.18. The van der Waals surface area contributed by atoms with Crippen LogP contribution in [0.3, 0.4) is 0 Å². The monoisotopic (exact) mass is 396 g/mol. The zero-order valence-corrected chi connectivity index (χ0v) is 18.0. The van der Waals surface area contributed by atoms with Crippen LogP contribution in [-0.2, 0) is 19.1 Å². The summed E-state index contributed by atoms with van der Waals surface area (Å²) in [6, 6.07) is 0. The van der Waals surface area contributed by atoms with Gasteiger partial charge in [-0.05, 0) is 62.5 Å². The number of rotatable bonds is 2. The van der Waals surface area contributed by atoms with Crippen LogP contribution in [0.4, 0.5) is 0 Å². The minimum absolute atomic E-state index is 0.0494. The molecule has 4 nitrogen and oxygen atoms in total. The first kappa shape index (κ1) is 19.1. The molecule has 2 fully saturated rings. The second kappa shape index (κ2) is 6.09. The zero-order valence-electron chi connectivity index (χ0n) is 18.0. The van der Waals surface area contributed by atoms with E-state index >= 15 is 0 Å². The van der Waals surface area contributed by atoms with E-state index in [1.54, 1.807) is 12.7 Å². The minimum atomic E-state index is -0.567. The number of hydrogen-bond acceptors (Lipinski definition) is 4. The van der Waals surface area contributed by atoms with Crippen LogP contribution >= 0.6 is 0 Å². The largest absolute Gasteiger partial charge is 0.501 e. The van der Waals surface area contributed by atoms with Crippen molar-refractivity contribution in [3.63, 3.8) is 0 Å². The average molecular weight is 397 g/mol. The predicted molar refractivity (Wildman–Crippen MR) is 110 cm³/mol. The zero-order chi connectivity index (χ0) is 20.6. The summed E-state index contributed by atoms with van der Waals surface area (Å²) in [7, 11) is 1.77. The van der Waals surface area contributed by atoms with Crippen LogP contribution in [-0.4, -0.2) is 24.5 Å². The molecule has 0 bridgehead atoms. The van der Waals surface area contributed by atoms with Gasteiger partial charge in [0.2, 0.25) is 0 Å². The Bertz CT molecular complexity index is 879. The molecule has 0 amide bonds. The first-order valence-corrected chi connectivity index (χ1v) is 11.1. The highest BCUT2D eigenvalue weighted by Gasteiger charge is 2.67. The van der Waals surface area contributed by atoms with Crippen LogP contribution in [0.25, 0.3) is 0 Å². The highest BCUT2D eigenvalue weighted by atomic mass is 16.6. The van der Waals surface area contributed by atoms with Crippen LogP contribution < -0.4 is 0 Å². The van der Waals surface area contributed by atoms with E-state index in [-0.39, 0.29) is 22.6 Å². The lowest BCUT2D eigenvalue weighted by Gasteiger charge is -2.53. The van der Waals surface area contributed by atoms with Gasteiger partial charge in [-0.1, -0.05) is 31.6 Å². The van der Waals surface area contributed by atoms with Gasteiger partial charge in [-0.3, -0.25) is 9.59 Å². The van der Waals surface area contributed by atoms with Gasteiger partial charge in [0.05, 0.1) is 12.9 Å². The van der Waals surface area contributed by atoms with Gasteiger partial charge in [0.25, 0.3) is 0 Å². The van der Waals surface area contributed by atoms with Crippen LogP contribution in [0.1, 0.15) is 65.7 Å². The summed E-state index contributed by atoms with van der Waals surface area (Å²) < 4.78 is 11.6. The second-order valence-electron chi connectivity index (χ2n) is 10.4. The molecule has 0 radical (unpaired) electrons. The van der Waals surface area contributed by atoms with Crippen LogP contribution in [0.2, 0.25) is 0 Å². The maximum atomic E-state index is 12.5. The Morgan fingerprint density at radius 3 is 2.72 bits per heavy atom. The Hall–Kier alpha value is -1.84. The first-order chi connectivity index (χ1) is 13.7. The standard InChI is InChI=1S/C25H32O4/c1-15(26)19-14-25(29-22(19)27)12-9-21-18-6-5-16-13-17(28-4)7-10-23(16,2)20(18)8-11-24(21,25)3/h5,8,13,18-19,21H,6-7,9-12,14H2,1-4H3/t18?,19?,21?,23-,24-,25+/m0/s1. The van der Waals surface area contributed by atoms with Gasteiger partial charge < -0.3 is 9.47 Å². The Kier molecular flexibility index (Phi) is 4.02. The lowest BCUT2D eigenvalue weighted by Crippen LogP contribution is -2.50. The summed E-state index contributed by atoms with van der Waals surface area (Å²) in [5.41, 5.74) is 2.55. The lowest BCUT2D eigenvalue weighted by atomic mass is 9.51. The van der Waals surface area contributed by atoms with E-state index in [0.29, 0.717) is 18.3 Å². The lowest BCUT2D eigenvalue weighted by molar-refractivity contribution is -0.161. The van der Waals surface area contributed by atoms with Gasteiger partial charge >= 0.3 is 5.97 Å². The Morgan fingerprint density at radius 2 is 2.03 bits per heavy atom. The fourth-order valence-electron chi connectivity index (χ4n) is 7.39. The van der Waals surface area contributed by atoms with E-state index in [4.69, 9.17) is 9.47 Å². The normalized spacial score (nSPS) is 45.4. The smallest absolute Gasteiger partial charge is 0.317 e. The maximum Gasteiger partial charge on any atom is 0.317 e. The Labute approximate surface area is 173 Å². The van der Waals surface area contributed by atoms with Gasteiger partial charge in [-0.2, -0.15) is 0 Å². The van der Waals surface area contributed by atoms with Crippen molar-refractivity contribution >= 4 is 11.8 Å². The van der Waals surface area contributed by atoms with Crippen molar-refractivity contribution in [2.24, 2.45) is 28.6 Å². The molecule has 1 heterocycles. The van der Waals surface area contributed by atoms with Crippen molar-refractivity contribution in [2.75, 3.05) is 7.11 Å². The topological polar surface area (TPSA) is 52.6 Å². The third kappa shape index (κ3) is 2.38. The van der Waals surface area contributed by atoms with E-state index in [1.807, 2.05) is 0 Å². The van der Waals surface area contributed by atoms with E-state index in [2.05, 4.69) is 32.1 Å². The third-order valence-electron chi connectivity index (χ3n) is 9.27. The molecule has 1 spiro atoms. The number of ether oxygens (including phenoxy) is 2. The molecule has 1 aliphatic heterocycles. The summed E-state index contributed by atoms with van der Waals surface area (Å²) in [6.45, 7) is 6.24. The van der Waals surface area contributed by atoms with Crippen molar-refractivity contribution in [3.05, 3.63) is 35.1 Å². The van der Waals surface area contributed by atoms with E-state index in [1.165, 1.54) is 12.5 Å². The van der Waals surface area contributed by atoms with Gasteiger partial charge in [0, 0.05) is 23.7 Å². The second-order valence-corrected chi connectivity index (χ2v) is 10.4. The molecular weight excluding hydrogens is 364 g/mol. The van der Waals surface area contributed by atoms with Crippen molar-refractivity contribution in [3.8, 4) is 0 Å². The molecule has 0 aromatic carbocycles. The number of Topliss-reactive ketones (excluding diaryl/α,β-unsaturated/α-hetero) is 1. The minimum Gasteiger partial charge on any atom is -0.501 e. The van der Waals surface area contributed by atoms with Crippen LogP contribution in [0, 0.1) is 28.6 Å². The summed E-state index contributed by atoms with van der Waals surface area (Å²) in [5, 5.41) is 0. The Balaban J connectivity index is 1.51. The number of carbonyl (C=O) groups is 2. The molecule has 0 aromatic rings. The number of methoxy groups -OCH3 is 1. The van der Waals surface area contributed by atoms with Crippen molar-refractivity contribution in [1.29, 1.82) is 0 Å². The fraction of sp³-hybridized carbons (Fsp3) is 0.680. The number of allylic oxidation sites excluding steroid dienone is 6. The van der Waals surface area contributed by atoms with Crippen molar-refractivity contribution in [1.82, 2.24) is 0 Å². The van der Waals surface area contributed by atoms with E-state index < -0.39 is 11.5 Å². The molecule has 156 valence electrons. The third-order valence-corrected chi connectivity index (χ3v) is 9.27. The fourth-order valence-corrected chi connectivity index (χ4v) is 7.39. The number of fused-ring (bicyclic) bond motifs is 6. The van der Waals surface area contributed by atoms with Crippen LogP contribution in [0.5, 0.6) is 0 Å². The van der Waals surface area contributed by atoms with Crippen molar-refractivity contribution in [2.45, 2.75) is 71.3 Å². The number of hydrogen-bond donors (Lipinski definition) is 0. The molecule has 1 saturated carbocycles. The highest BCUT2D eigenvalue weighted by Crippen LogP contribution is 2.67. The number of ketones is 1. The van der Waals surface area contributed by atoms with Gasteiger partial charge in [0.1, 0.15) is 17.3 Å². The molecule has 5 rings (SSSR count). The molecule has 5 aliphatic rings. The quantitative estimate of drug-likeness (QED) is 0.378. The van der Waals surface area contributed by atoms with Gasteiger partial charge in [0.15, 0.2) is 0 Å². The van der Waals surface area contributed by atoms with E-state index in [0.717, 1.165) is 44.3 Å². The molecule has 0 aromatic heterocycles. The van der Waals surface area contributed by atoms with E-state index in [9.17, 15) is 9.59 Å². The summed E-state index contributed by atoms with van der Waals surface area (Å²) >= 11 is 0. The molecule has 1 saturated heterocycles. The Morgan fingerprint density at radius 1 is 1.24 bits per heavy atom. The molecule has 4 heteroatoms. The van der Waals surface area contributed by atoms with Gasteiger partial charge in [-0.25, -0.2) is 0 Å². The molecule has 29 heavy (non-hydrogen) atoms. The SMILES string of the molecule is COC1=CC2=CCC3C(=CC[C@@]4(C)C3CC[C@@]43CC(C(C)=O)C(=O)O3)[C@@]2(C)CC1. The number of carbonyl (C=O) groups excluding carboxylic acids is 2. The number of esters is 1. The van der Waals surface area contributed by atoms with Crippen LogP contribution in [0.15, 0.2) is 35.1 Å². The molecule has 4 aliphatic carbocycles. The molecule has 6 atom stereocenters. The molecule has 3 unspecified atom stereocenters. The molecular formula is C25H32O4. The highest BCUT2D eigenvalue weighted by molar-refractivity contribution is 5.99. The van der Waals surface area contributed by atoms with Crippen molar-refractivity contribution < 1.29 is 19.1 Å². The first-order valence-electron chi connectivity index (χ1n) is 11.1. The van der Waals surface area contributed by atoms with Gasteiger partial charge in [-0.15, -0.1) is 0 Å². The molecule has 0 N–H and O–H groups in total. The summed E-state index contributed by atoms with van der Waals surface area (Å²) in [6.07, 6.45) is 13.8. The predicted octanol–water partition coefficient (Wildman–Crippen LogP) is 4.90.